The van der Waals surface area contributed by atoms with Gasteiger partial charge in [0.25, 0.3) is 0 Å². The fourth-order valence-electron chi connectivity index (χ4n) is 4.46. The number of hydrogen-bond acceptors (Lipinski definition) is 7. The van der Waals surface area contributed by atoms with E-state index in [1.165, 1.54) is 5.56 Å². The minimum atomic E-state index is -0.390. The Hall–Kier alpha value is -2.77. The first-order valence-electron chi connectivity index (χ1n) is 10.6. The van der Waals surface area contributed by atoms with Gasteiger partial charge in [0.15, 0.2) is 0 Å². The lowest BCUT2D eigenvalue weighted by atomic mass is 9.94. The van der Waals surface area contributed by atoms with E-state index in [4.69, 9.17) is 9.72 Å². The van der Waals surface area contributed by atoms with Gasteiger partial charge in [-0.1, -0.05) is 18.2 Å². The van der Waals surface area contributed by atoms with Crippen molar-refractivity contribution in [2.75, 3.05) is 49.2 Å². The normalized spacial score (nSPS) is 22.1. The molecule has 2 atom stereocenters. The van der Waals surface area contributed by atoms with Gasteiger partial charge in [-0.05, 0) is 31.0 Å². The van der Waals surface area contributed by atoms with Crippen molar-refractivity contribution in [2.45, 2.75) is 19.4 Å². The molecule has 7 nitrogen and oxygen atoms in total. The Morgan fingerprint density at radius 1 is 1.07 bits per heavy atom. The third kappa shape index (κ3) is 3.82. The Morgan fingerprint density at radius 2 is 1.90 bits per heavy atom. The summed E-state index contributed by atoms with van der Waals surface area (Å²) in [5.41, 5.74) is 3.18. The van der Waals surface area contributed by atoms with Crippen LogP contribution in [-0.4, -0.2) is 65.6 Å². The molecule has 2 aromatic heterocycles. The van der Waals surface area contributed by atoms with Crippen LogP contribution in [0.3, 0.4) is 0 Å². The highest BCUT2D eigenvalue weighted by Crippen LogP contribution is 2.29. The van der Waals surface area contributed by atoms with Crippen molar-refractivity contribution in [2.24, 2.45) is 5.92 Å². The molecule has 0 saturated carbocycles. The quantitative estimate of drug-likeness (QED) is 0.713. The Kier molecular flexibility index (Phi) is 5.23. The van der Waals surface area contributed by atoms with Gasteiger partial charge in [-0.15, -0.1) is 0 Å². The molecule has 7 heteroatoms. The first kappa shape index (κ1) is 19.2. The minimum absolute atomic E-state index is 0.151. The van der Waals surface area contributed by atoms with Gasteiger partial charge >= 0.3 is 0 Å². The zero-order valence-corrected chi connectivity index (χ0v) is 17.2. The number of benzene rings is 1. The second-order valence-corrected chi connectivity index (χ2v) is 8.19. The predicted octanol–water partition coefficient (Wildman–Crippen LogP) is 2.21. The van der Waals surface area contributed by atoms with Gasteiger partial charge in [0.1, 0.15) is 5.82 Å². The van der Waals surface area contributed by atoms with E-state index in [0.29, 0.717) is 19.8 Å². The first-order valence-corrected chi connectivity index (χ1v) is 10.6. The molecule has 2 fully saturated rings. The standard InChI is InChI=1S/C23H27N5O2/c1-16-12-22(26-23(25-16)27-8-10-30-11-9-27)28-14-18(21(29)15-28)13-17-6-7-24-20-5-3-2-4-19(17)20/h2-7,12,18,21,29H,8-11,13-15H2,1H3/t18-,21+/m1/s1. The average molecular weight is 406 g/mol. The number of nitrogens with zero attached hydrogens (tertiary/aromatic N) is 5. The highest BCUT2D eigenvalue weighted by Gasteiger charge is 2.33. The molecule has 2 aliphatic heterocycles. The summed E-state index contributed by atoms with van der Waals surface area (Å²) in [4.78, 5) is 18.3. The molecule has 0 aliphatic carbocycles. The van der Waals surface area contributed by atoms with Crippen LogP contribution in [0.5, 0.6) is 0 Å². The Bertz CT molecular complexity index is 1030. The fraction of sp³-hybridized carbons (Fsp3) is 0.435. The van der Waals surface area contributed by atoms with Crippen molar-refractivity contribution >= 4 is 22.7 Å². The monoisotopic (exact) mass is 405 g/mol. The smallest absolute Gasteiger partial charge is 0.227 e. The SMILES string of the molecule is Cc1cc(N2C[C@@H](Cc3ccnc4ccccc34)[C@@H](O)C2)nc(N2CCOCC2)n1. The maximum atomic E-state index is 10.8. The van der Waals surface area contributed by atoms with Gasteiger partial charge in [-0.3, -0.25) is 4.98 Å². The molecule has 3 aromatic rings. The summed E-state index contributed by atoms with van der Waals surface area (Å²) in [7, 11) is 0. The Balaban J connectivity index is 1.36. The van der Waals surface area contributed by atoms with Gasteiger partial charge in [0.05, 0.1) is 24.8 Å². The van der Waals surface area contributed by atoms with Gasteiger partial charge < -0.3 is 19.6 Å². The third-order valence-corrected chi connectivity index (χ3v) is 6.07. The molecule has 1 N–H and O–H groups in total. The number of aliphatic hydroxyl groups excluding tert-OH is 1. The fourth-order valence-corrected chi connectivity index (χ4v) is 4.46. The molecule has 0 amide bonds. The molecule has 1 aromatic carbocycles. The lowest BCUT2D eigenvalue weighted by molar-refractivity contribution is 0.122. The van der Waals surface area contributed by atoms with Crippen LogP contribution >= 0.6 is 0 Å². The van der Waals surface area contributed by atoms with E-state index in [2.05, 4.69) is 31.9 Å². The van der Waals surface area contributed by atoms with Gasteiger partial charge in [-0.2, -0.15) is 4.98 Å². The van der Waals surface area contributed by atoms with E-state index >= 15 is 0 Å². The first-order chi connectivity index (χ1) is 14.7. The topological polar surface area (TPSA) is 74.6 Å². The second-order valence-electron chi connectivity index (χ2n) is 8.19. The number of hydrogen-bond donors (Lipinski definition) is 1. The van der Waals surface area contributed by atoms with Crippen molar-refractivity contribution in [1.29, 1.82) is 0 Å². The summed E-state index contributed by atoms with van der Waals surface area (Å²) in [6.07, 6.45) is 2.29. The van der Waals surface area contributed by atoms with E-state index in [-0.39, 0.29) is 12.0 Å². The van der Waals surface area contributed by atoms with Crippen LogP contribution < -0.4 is 9.80 Å². The molecular formula is C23H27N5O2. The number of aliphatic hydroxyl groups is 1. The molecule has 0 bridgehead atoms. The highest BCUT2D eigenvalue weighted by molar-refractivity contribution is 5.81. The minimum Gasteiger partial charge on any atom is -0.391 e. The zero-order valence-electron chi connectivity index (χ0n) is 17.2. The summed E-state index contributed by atoms with van der Waals surface area (Å²) in [6.45, 7) is 6.40. The summed E-state index contributed by atoms with van der Waals surface area (Å²) in [5.74, 6) is 1.80. The van der Waals surface area contributed by atoms with Crippen molar-refractivity contribution in [3.05, 3.63) is 53.9 Å². The predicted molar refractivity (Wildman–Crippen MR) is 117 cm³/mol. The van der Waals surface area contributed by atoms with Crippen LogP contribution in [0.1, 0.15) is 11.3 Å². The average Bonchev–Trinajstić information content (AvgIpc) is 3.14. The number of rotatable bonds is 4. The van der Waals surface area contributed by atoms with Gasteiger partial charge in [0, 0.05) is 55.4 Å². The van der Waals surface area contributed by atoms with Crippen molar-refractivity contribution in [1.82, 2.24) is 15.0 Å². The van der Waals surface area contributed by atoms with Crippen LogP contribution in [0.4, 0.5) is 11.8 Å². The van der Waals surface area contributed by atoms with Crippen LogP contribution in [-0.2, 0) is 11.2 Å². The van der Waals surface area contributed by atoms with E-state index in [1.807, 2.05) is 37.4 Å². The summed E-state index contributed by atoms with van der Waals surface area (Å²) < 4.78 is 5.45. The number of ether oxygens (including phenoxy) is 1. The summed E-state index contributed by atoms with van der Waals surface area (Å²) in [5, 5.41) is 12.0. The second kappa shape index (κ2) is 8.16. The Morgan fingerprint density at radius 3 is 2.77 bits per heavy atom. The van der Waals surface area contributed by atoms with Crippen LogP contribution in [0.15, 0.2) is 42.6 Å². The molecule has 5 rings (SSSR count). The summed E-state index contributed by atoms with van der Waals surface area (Å²) in [6, 6.07) is 12.3. The molecule has 0 unspecified atom stereocenters. The van der Waals surface area contributed by atoms with Crippen LogP contribution in [0.2, 0.25) is 0 Å². The lowest BCUT2D eigenvalue weighted by Gasteiger charge is -2.28. The molecule has 4 heterocycles. The van der Waals surface area contributed by atoms with Crippen LogP contribution in [0, 0.1) is 12.8 Å². The van der Waals surface area contributed by atoms with Crippen LogP contribution in [0.25, 0.3) is 10.9 Å². The van der Waals surface area contributed by atoms with E-state index < -0.39 is 0 Å². The third-order valence-electron chi connectivity index (χ3n) is 6.07. The maximum absolute atomic E-state index is 10.8. The number of fused-ring (bicyclic) bond motifs is 1. The molecule has 30 heavy (non-hydrogen) atoms. The zero-order chi connectivity index (χ0) is 20.5. The lowest BCUT2D eigenvalue weighted by Crippen LogP contribution is -2.37. The molecule has 2 aliphatic rings. The molecule has 0 spiro atoms. The molecule has 156 valence electrons. The van der Waals surface area contributed by atoms with Gasteiger partial charge in [0.2, 0.25) is 5.95 Å². The maximum Gasteiger partial charge on any atom is 0.227 e. The number of anilines is 2. The van der Waals surface area contributed by atoms with Crippen molar-refractivity contribution < 1.29 is 9.84 Å². The van der Waals surface area contributed by atoms with E-state index in [0.717, 1.165) is 54.4 Å². The largest absolute Gasteiger partial charge is 0.391 e. The number of pyridine rings is 1. The number of aryl methyl sites for hydroxylation is 1. The van der Waals surface area contributed by atoms with Crippen molar-refractivity contribution in [3.63, 3.8) is 0 Å². The van der Waals surface area contributed by atoms with Crippen molar-refractivity contribution in [3.8, 4) is 0 Å². The highest BCUT2D eigenvalue weighted by atomic mass is 16.5. The van der Waals surface area contributed by atoms with Gasteiger partial charge in [-0.25, -0.2) is 4.98 Å². The van der Waals surface area contributed by atoms with E-state index in [9.17, 15) is 5.11 Å². The molecule has 2 saturated heterocycles. The Labute approximate surface area is 176 Å². The van der Waals surface area contributed by atoms with E-state index in [1.54, 1.807) is 0 Å². The molecule has 0 radical (unpaired) electrons. The number of aromatic nitrogens is 3. The molecular weight excluding hydrogens is 378 g/mol. The summed E-state index contributed by atoms with van der Waals surface area (Å²) >= 11 is 0. The number of morpholine rings is 1. The number of para-hydroxylation sites is 1. The number of β-amino-alcohol motifs (C(OH)–C–C–N with tert-alkyl or cyclic N) is 1.